The summed E-state index contributed by atoms with van der Waals surface area (Å²) in [6.45, 7) is 4.79. The maximum atomic E-state index is 12.2. The number of rotatable bonds is 4. The first kappa shape index (κ1) is 18.3. The molecule has 1 aliphatic carbocycles. The van der Waals surface area contributed by atoms with Gasteiger partial charge < -0.3 is 9.88 Å². The molecule has 140 valence electrons. The highest BCUT2D eigenvalue weighted by Gasteiger charge is 2.27. The monoisotopic (exact) mass is 424 g/mol. The van der Waals surface area contributed by atoms with Gasteiger partial charge in [0.2, 0.25) is 5.91 Å². The third-order valence-corrected chi connectivity index (χ3v) is 5.98. The van der Waals surface area contributed by atoms with Crippen LogP contribution in [0.15, 0.2) is 53.0 Å². The van der Waals surface area contributed by atoms with Crippen LogP contribution in [0.2, 0.25) is 0 Å². The molecule has 1 aliphatic rings. The molecule has 1 N–H and O–H groups in total. The second-order valence-corrected chi connectivity index (χ2v) is 8.68. The lowest BCUT2D eigenvalue weighted by atomic mass is 9.91. The summed E-state index contributed by atoms with van der Waals surface area (Å²) >= 11 is 3.63. The molecule has 0 spiro atoms. The fourth-order valence-electron chi connectivity index (χ4n) is 4.06. The van der Waals surface area contributed by atoms with E-state index in [1.165, 1.54) is 27.7 Å². The normalized spacial score (nSPS) is 16.5. The fraction of sp³-hybridized carbons (Fsp3) is 0.348. The van der Waals surface area contributed by atoms with Gasteiger partial charge in [0.1, 0.15) is 0 Å². The molecule has 1 heterocycles. The Hall–Kier alpha value is -2.07. The molecule has 0 fully saturated rings. The van der Waals surface area contributed by atoms with Crippen molar-refractivity contribution in [2.45, 2.75) is 45.7 Å². The molecule has 0 radical (unpaired) electrons. The van der Waals surface area contributed by atoms with Crippen molar-refractivity contribution in [1.82, 2.24) is 9.88 Å². The molecule has 2 aromatic carbocycles. The van der Waals surface area contributed by atoms with E-state index in [1.807, 2.05) is 13.8 Å². The summed E-state index contributed by atoms with van der Waals surface area (Å²) in [7, 11) is 0. The lowest BCUT2D eigenvalue weighted by molar-refractivity contribution is -0.124. The number of nitrogens with zero attached hydrogens (tertiary/aromatic N) is 1. The predicted octanol–water partition coefficient (Wildman–Crippen LogP) is 5.08. The van der Waals surface area contributed by atoms with Crippen molar-refractivity contribution in [3.05, 3.63) is 69.8 Å². The number of hydrogen-bond donors (Lipinski definition) is 1. The van der Waals surface area contributed by atoms with Gasteiger partial charge in [0.25, 0.3) is 0 Å². The van der Waals surface area contributed by atoms with Gasteiger partial charge in [-0.3, -0.25) is 4.79 Å². The molecule has 4 rings (SSSR count). The van der Waals surface area contributed by atoms with Crippen LogP contribution in [-0.4, -0.2) is 16.5 Å². The third kappa shape index (κ3) is 3.68. The highest BCUT2D eigenvalue weighted by molar-refractivity contribution is 9.10. The third-order valence-electron chi connectivity index (χ3n) is 5.48. The Bertz CT molecular complexity index is 975. The van der Waals surface area contributed by atoms with Crippen LogP contribution in [0.4, 0.5) is 0 Å². The van der Waals surface area contributed by atoms with Gasteiger partial charge in [-0.15, -0.1) is 0 Å². The zero-order valence-corrected chi connectivity index (χ0v) is 17.4. The van der Waals surface area contributed by atoms with Crippen LogP contribution in [-0.2, 0) is 24.2 Å². The Morgan fingerprint density at radius 1 is 1.22 bits per heavy atom. The van der Waals surface area contributed by atoms with Gasteiger partial charge in [0.15, 0.2) is 0 Å². The van der Waals surface area contributed by atoms with E-state index in [1.54, 1.807) is 0 Å². The lowest BCUT2D eigenvalue weighted by Gasteiger charge is -2.26. The van der Waals surface area contributed by atoms with Crippen molar-refractivity contribution in [3.63, 3.8) is 0 Å². The molecule has 1 aromatic heterocycles. The van der Waals surface area contributed by atoms with Gasteiger partial charge in [-0.2, -0.15) is 0 Å². The minimum atomic E-state index is 0.0277. The number of carbonyl (C=O) groups is 1. The molecular formula is C23H25BrN2O. The van der Waals surface area contributed by atoms with E-state index >= 15 is 0 Å². The van der Waals surface area contributed by atoms with E-state index in [-0.39, 0.29) is 17.9 Å². The van der Waals surface area contributed by atoms with Crippen LogP contribution in [0.3, 0.4) is 0 Å². The molecule has 4 heteroatoms. The summed E-state index contributed by atoms with van der Waals surface area (Å²) in [5.41, 5.74) is 5.41. The molecule has 0 bridgehead atoms. The Labute approximate surface area is 168 Å². The molecule has 0 aliphatic heterocycles. The number of benzene rings is 2. The SMILES string of the molecule is CC(C)C(=O)N[C@@H]1CCc2c(c3cc(Br)ccc3n2Cc2ccccc2)C1. The van der Waals surface area contributed by atoms with Gasteiger partial charge in [0, 0.05) is 39.6 Å². The topological polar surface area (TPSA) is 34.0 Å². The number of fused-ring (bicyclic) bond motifs is 3. The second kappa shape index (κ2) is 7.51. The maximum Gasteiger partial charge on any atom is 0.222 e. The van der Waals surface area contributed by atoms with Crippen LogP contribution >= 0.6 is 15.9 Å². The summed E-state index contributed by atoms with van der Waals surface area (Å²) in [4.78, 5) is 12.2. The molecule has 0 unspecified atom stereocenters. The van der Waals surface area contributed by atoms with Crippen LogP contribution in [0, 0.1) is 5.92 Å². The summed E-state index contributed by atoms with van der Waals surface area (Å²) in [6.07, 6.45) is 2.90. The zero-order valence-electron chi connectivity index (χ0n) is 15.8. The van der Waals surface area contributed by atoms with E-state index in [0.717, 1.165) is 30.3 Å². The molecule has 1 amide bonds. The zero-order chi connectivity index (χ0) is 19.0. The van der Waals surface area contributed by atoms with E-state index in [9.17, 15) is 4.79 Å². The summed E-state index contributed by atoms with van der Waals surface area (Å²) < 4.78 is 3.57. The number of carbonyl (C=O) groups excluding carboxylic acids is 1. The van der Waals surface area contributed by atoms with Gasteiger partial charge in [-0.1, -0.05) is 60.1 Å². The van der Waals surface area contributed by atoms with Crippen molar-refractivity contribution in [2.24, 2.45) is 5.92 Å². The first-order chi connectivity index (χ1) is 13.0. The molecule has 3 aromatic rings. The number of halogens is 1. The van der Waals surface area contributed by atoms with E-state index < -0.39 is 0 Å². The average Bonchev–Trinajstić information content (AvgIpc) is 2.95. The van der Waals surface area contributed by atoms with Crippen molar-refractivity contribution >= 4 is 32.7 Å². The number of amides is 1. The lowest BCUT2D eigenvalue weighted by Crippen LogP contribution is -2.41. The van der Waals surface area contributed by atoms with Crippen molar-refractivity contribution in [2.75, 3.05) is 0 Å². The average molecular weight is 425 g/mol. The largest absolute Gasteiger partial charge is 0.353 e. The van der Waals surface area contributed by atoms with Crippen LogP contribution in [0.25, 0.3) is 10.9 Å². The van der Waals surface area contributed by atoms with Crippen LogP contribution in [0.5, 0.6) is 0 Å². The fourth-order valence-corrected chi connectivity index (χ4v) is 4.42. The number of nitrogens with one attached hydrogen (secondary N) is 1. The van der Waals surface area contributed by atoms with Gasteiger partial charge >= 0.3 is 0 Å². The summed E-state index contributed by atoms with van der Waals surface area (Å²) in [6, 6.07) is 17.4. The molecular weight excluding hydrogens is 400 g/mol. The number of hydrogen-bond acceptors (Lipinski definition) is 1. The molecule has 27 heavy (non-hydrogen) atoms. The first-order valence-electron chi connectivity index (χ1n) is 9.66. The predicted molar refractivity (Wildman–Crippen MR) is 114 cm³/mol. The first-order valence-corrected chi connectivity index (χ1v) is 10.5. The van der Waals surface area contributed by atoms with Crippen molar-refractivity contribution in [3.8, 4) is 0 Å². The van der Waals surface area contributed by atoms with Gasteiger partial charge in [-0.05, 0) is 48.6 Å². The molecule has 0 saturated carbocycles. The minimum absolute atomic E-state index is 0.0277. The highest BCUT2D eigenvalue weighted by atomic mass is 79.9. The Morgan fingerprint density at radius 2 is 2.00 bits per heavy atom. The van der Waals surface area contributed by atoms with Crippen molar-refractivity contribution < 1.29 is 4.79 Å². The highest BCUT2D eigenvalue weighted by Crippen LogP contribution is 2.34. The van der Waals surface area contributed by atoms with Gasteiger partial charge in [0.05, 0.1) is 0 Å². The Balaban J connectivity index is 1.73. The number of aromatic nitrogens is 1. The van der Waals surface area contributed by atoms with E-state index in [2.05, 4.69) is 74.3 Å². The maximum absolute atomic E-state index is 12.2. The van der Waals surface area contributed by atoms with E-state index in [4.69, 9.17) is 0 Å². The summed E-state index contributed by atoms with van der Waals surface area (Å²) in [5.74, 6) is 0.178. The Kier molecular flexibility index (Phi) is 5.09. The smallest absolute Gasteiger partial charge is 0.222 e. The standard InChI is InChI=1S/C23H25BrN2O/c1-15(2)23(27)25-18-9-11-22-20(13-18)19-12-17(24)8-10-21(19)26(22)14-16-6-4-3-5-7-16/h3-8,10,12,15,18H,9,11,13-14H2,1-2H3,(H,25,27)/t18-/m1/s1. The molecule has 0 saturated heterocycles. The van der Waals surface area contributed by atoms with Gasteiger partial charge in [-0.25, -0.2) is 0 Å². The quantitative estimate of drug-likeness (QED) is 0.622. The molecule has 3 nitrogen and oxygen atoms in total. The summed E-state index contributed by atoms with van der Waals surface area (Å²) in [5, 5.41) is 4.54. The minimum Gasteiger partial charge on any atom is -0.353 e. The van der Waals surface area contributed by atoms with Crippen molar-refractivity contribution in [1.29, 1.82) is 0 Å². The second-order valence-electron chi connectivity index (χ2n) is 7.76. The van der Waals surface area contributed by atoms with Crippen LogP contribution < -0.4 is 5.32 Å². The van der Waals surface area contributed by atoms with E-state index in [0.29, 0.717) is 0 Å². The van der Waals surface area contributed by atoms with Crippen LogP contribution in [0.1, 0.15) is 37.1 Å². The molecule has 1 atom stereocenters. The Morgan fingerprint density at radius 3 is 2.74 bits per heavy atom.